The van der Waals surface area contributed by atoms with Gasteiger partial charge < -0.3 is 10.8 Å². The number of hydrogen-bond acceptors (Lipinski definition) is 5. The van der Waals surface area contributed by atoms with Crippen LogP contribution in [0.3, 0.4) is 0 Å². The third-order valence-corrected chi connectivity index (χ3v) is 3.57. The Morgan fingerprint density at radius 3 is 2.62 bits per heavy atom. The van der Waals surface area contributed by atoms with Crippen molar-refractivity contribution in [3.8, 4) is 0 Å². The average Bonchev–Trinajstić information content (AvgIpc) is 2.67. The molecule has 1 rings (SSSR count). The molecule has 1 aromatic heterocycles. The predicted molar refractivity (Wildman–Crippen MR) is 59.7 cm³/mol. The molecule has 0 amide bonds. The summed E-state index contributed by atoms with van der Waals surface area (Å²) >= 11 is 0. The van der Waals surface area contributed by atoms with Gasteiger partial charge in [0.15, 0.2) is 9.84 Å². The Hall–Kier alpha value is -0.920. The SMILES string of the molecule is CCC(N)C(CO)n1cc(S(C)(=O)=O)cn1. The molecule has 0 aliphatic carbocycles. The second kappa shape index (κ2) is 4.94. The largest absolute Gasteiger partial charge is 0.394 e. The number of aliphatic hydroxyl groups is 1. The van der Waals surface area contributed by atoms with Gasteiger partial charge in [0.25, 0.3) is 0 Å². The minimum Gasteiger partial charge on any atom is -0.394 e. The van der Waals surface area contributed by atoms with Crippen molar-refractivity contribution in [1.29, 1.82) is 0 Å². The molecule has 6 nitrogen and oxygen atoms in total. The van der Waals surface area contributed by atoms with Crippen LogP contribution < -0.4 is 5.73 Å². The third kappa shape index (κ3) is 2.81. The van der Waals surface area contributed by atoms with Gasteiger partial charge in [0.2, 0.25) is 0 Å². The topological polar surface area (TPSA) is 98.2 Å². The molecule has 1 aromatic rings. The van der Waals surface area contributed by atoms with Gasteiger partial charge in [-0.1, -0.05) is 6.92 Å². The average molecular weight is 247 g/mol. The van der Waals surface area contributed by atoms with Gasteiger partial charge in [0, 0.05) is 18.5 Å². The van der Waals surface area contributed by atoms with E-state index in [9.17, 15) is 13.5 Å². The summed E-state index contributed by atoms with van der Waals surface area (Å²) in [6.45, 7) is 1.73. The van der Waals surface area contributed by atoms with Crippen LogP contribution in [0, 0.1) is 0 Å². The minimum atomic E-state index is -3.26. The molecule has 0 aliphatic heterocycles. The van der Waals surface area contributed by atoms with Crippen molar-refractivity contribution in [3.63, 3.8) is 0 Å². The third-order valence-electron chi connectivity index (χ3n) is 2.50. The predicted octanol–water partition coefficient (Wildman–Crippen LogP) is -0.443. The van der Waals surface area contributed by atoms with Crippen LogP contribution in [0.15, 0.2) is 17.3 Å². The Kier molecular flexibility index (Phi) is 4.06. The number of rotatable bonds is 5. The van der Waals surface area contributed by atoms with Crippen molar-refractivity contribution >= 4 is 9.84 Å². The summed E-state index contributed by atoms with van der Waals surface area (Å²) in [4.78, 5) is 0.134. The van der Waals surface area contributed by atoms with E-state index < -0.39 is 9.84 Å². The fourth-order valence-corrected chi connectivity index (χ4v) is 1.92. The Bertz CT molecular complexity index is 441. The number of sulfone groups is 1. The van der Waals surface area contributed by atoms with E-state index in [0.29, 0.717) is 6.42 Å². The van der Waals surface area contributed by atoms with E-state index in [1.165, 1.54) is 17.1 Å². The summed E-state index contributed by atoms with van der Waals surface area (Å²) in [5, 5.41) is 13.1. The highest BCUT2D eigenvalue weighted by Gasteiger charge is 2.20. The maximum Gasteiger partial charge on any atom is 0.178 e. The zero-order valence-electron chi connectivity index (χ0n) is 9.37. The van der Waals surface area contributed by atoms with Crippen LogP contribution in [-0.2, 0) is 9.84 Å². The Labute approximate surface area is 95.0 Å². The van der Waals surface area contributed by atoms with Gasteiger partial charge in [-0.2, -0.15) is 5.10 Å². The molecule has 16 heavy (non-hydrogen) atoms. The number of nitrogens with two attached hydrogens (primary N) is 1. The first-order valence-corrected chi connectivity index (χ1v) is 6.90. The summed E-state index contributed by atoms with van der Waals surface area (Å²) in [6, 6.07) is -0.641. The highest BCUT2D eigenvalue weighted by atomic mass is 32.2. The first-order chi connectivity index (χ1) is 7.40. The van der Waals surface area contributed by atoms with Crippen molar-refractivity contribution in [2.24, 2.45) is 5.73 Å². The Morgan fingerprint density at radius 1 is 1.62 bits per heavy atom. The molecule has 0 radical (unpaired) electrons. The van der Waals surface area contributed by atoms with Gasteiger partial charge in [-0.25, -0.2) is 8.42 Å². The van der Waals surface area contributed by atoms with Crippen LogP contribution in [0.5, 0.6) is 0 Å². The molecular formula is C9H17N3O3S. The van der Waals surface area contributed by atoms with Gasteiger partial charge in [-0.3, -0.25) is 4.68 Å². The Morgan fingerprint density at radius 2 is 2.25 bits per heavy atom. The maximum absolute atomic E-state index is 11.2. The van der Waals surface area contributed by atoms with Crippen LogP contribution >= 0.6 is 0 Å². The fraction of sp³-hybridized carbons (Fsp3) is 0.667. The molecule has 2 atom stereocenters. The summed E-state index contributed by atoms with van der Waals surface area (Å²) in [7, 11) is -3.26. The van der Waals surface area contributed by atoms with Crippen LogP contribution in [0.4, 0.5) is 0 Å². The van der Waals surface area contributed by atoms with Crippen molar-refractivity contribution in [3.05, 3.63) is 12.4 Å². The molecule has 0 saturated carbocycles. The van der Waals surface area contributed by atoms with E-state index in [0.717, 1.165) is 6.26 Å². The molecule has 1 heterocycles. The molecule has 0 spiro atoms. The molecular weight excluding hydrogens is 230 g/mol. The molecule has 0 aromatic carbocycles. The van der Waals surface area contributed by atoms with E-state index in [1.54, 1.807) is 0 Å². The fourth-order valence-electron chi connectivity index (χ4n) is 1.38. The van der Waals surface area contributed by atoms with Crippen LogP contribution in [0.2, 0.25) is 0 Å². The second-order valence-electron chi connectivity index (χ2n) is 3.75. The quantitative estimate of drug-likeness (QED) is 0.735. The van der Waals surface area contributed by atoms with Gasteiger partial charge >= 0.3 is 0 Å². The van der Waals surface area contributed by atoms with Crippen LogP contribution in [-0.4, -0.2) is 42.2 Å². The van der Waals surface area contributed by atoms with Gasteiger partial charge in [-0.15, -0.1) is 0 Å². The smallest absolute Gasteiger partial charge is 0.178 e. The van der Waals surface area contributed by atoms with Crippen molar-refractivity contribution in [1.82, 2.24) is 9.78 Å². The van der Waals surface area contributed by atoms with E-state index in [2.05, 4.69) is 5.10 Å². The lowest BCUT2D eigenvalue weighted by Gasteiger charge is -2.20. The van der Waals surface area contributed by atoms with Crippen molar-refractivity contribution < 1.29 is 13.5 Å². The first-order valence-electron chi connectivity index (χ1n) is 5.00. The lowest BCUT2D eigenvalue weighted by Crippen LogP contribution is -2.34. The van der Waals surface area contributed by atoms with E-state index in [4.69, 9.17) is 5.73 Å². The molecule has 0 fully saturated rings. The number of aromatic nitrogens is 2. The van der Waals surface area contributed by atoms with Crippen LogP contribution in [0.25, 0.3) is 0 Å². The van der Waals surface area contributed by atoms with Crippen molar-refractivity contribution in [2.75, 3.05) is 12.9 Å². The Balaban J connectivity index is 3.00. The van der Waals surface area contributed by atoms with E-state index in [-0.39, 0.29) is 23.6 Å². The molecule has 7 heteroatoms. The van der Waals surface area contributed by atoms with Gasteiger partial charge in [-0.05, 0) is 6.42 Å². The molecule has 0 bridgehead atoms. The van der Waals surface area contributed by atoms with Crippen LogP contribution in [0.1, 0.15) is 19.4 Å². The standard InChI is InChI=1S/C9H17N3O3S/c1-3-8(10)9(6-13)12-5-7(4-11-12)16(2,14)15/h4-5,8-9,13H,3,6,10H2,1-2H3. The number of hydrogen-bond donors (Lipinski definition) is 2. The molecule has 0 aliphatic rings. The summed E-state index contributed by atoms with van der Waals surface area (Å²) < 4.78 is 23.9. The van der Waals surface area contributed by atoms with Gasteiger partial charge in [0.05, 0.1) is 18.8 Å². The first kappa shape index (κ1) is 13.1. The molecule has 3 N–H and O–H groups in total. The summed E-state index contributed by atoms with van der Waals surface area (Å²) in [6.07, 6.45) is 4.45. The summed E-state index contributed by atoms with van der Waals surface area (Å²) in [5.41, 5.74) is 5.81. The highest BCUT2D eigenvalue weighted by Crippen LogP contribution is 2.14. The second-order valence-corrected chi connectivity index (χ2v) is 5.77. The molecule has 0 saturated heterocycles. The zero-order chi connectivity index (χ0) is 12.3. The lowest BCUT2D eigenvalue weighted by atomic mass is 10.1. The zero-order valence-corrected chi connectivity index (χ0v) is 10.2. The summed E-state index contributed by atoms with van der Waals surface area (Å²) in [5.74, 6) is 0. The molecule has 92 valence electrons. The highest BCUT2D eigenvalue weighted by molar-refractivity contribution is 7.90. The monoisotopic (exact) mass is 247 g/mol. The maximum atomic E-state index is 11.2. The lowest BCUT2D eigenvalue weighted by molar-refractivity contribution is 0.194. The minimum absolute atomic E-state index is 0.134. The number of nitrogens with zero attached hydrogens (tertiary/aromatic N) is 2. The van der Waals surface area contributed by atoms with E-state index in [1.807, 2.05) is 6.92 Å². The normalized spacial score (nSPS) is 16.0. The van der Waals surface area contributed by atoms with E-state index >= 15 is 0 Å². The number of aliphatic hydroxyl groups excluding tert-OH is 1. The van der Waals surface area contributed by atoms with Crippen molar-refractivity contribution in [2.45, 2.75) is 30.3 Å². The van der Waals surface area contributed by atoms with Gasteiger partial charge in [0.1, 0.15) is 4.90 Å². The molecule has 2 unspecified atom stereocenters.